The predicted octanol–water partition coefficient (Wildman–Crippen LogP) is 6.95. The highest BCUT2D eigenvalue weighted by atomic mass is 14.3. The van der Waals surface area contributed by atoms with E-state index in [-0.39, 0.29) is 0 Å². The monoisotopic (exact) mass is 342 g/mol. The lowest BCUT2D eigenvalue weighted by atomic mass is 9.90. The third-order valence-electron chi connectivity index (χ3n) is 6.41. The highest BCUT2D eigenvalue weighted by molar-refractivity contribution is 5.82. The molecule has 0 fully saturated rings. The summed E-state index contributed by atoms with van der Waals surface area (Å²) in [5.74, 6) is 0. The minimum atomic E-state index is 1.13. The van der Waals surface area contributed by atoms with Crippen LogP contribution in [0, 0.1) is 0 Å². The Balaban J connectivity index is 1.65. The van der Waals surface area contributed by atoms with E-state index in [4.69, 9.17) is 0 Å². The molecule has 2 aliphatic carbocycles. The van der Waals surface area contributed by atoms with Crippen molar-refractivity contribution < 1.29 is 0 Å². The van der Waals surface area contributed by atoms with Crippen LogP contribution in [-0.4, -0.2) is 0 Å². The summed E-state index contributed by atoms with van der Waals surface area (Å²) < 4.78 is 0. The van der Waals surface area contributed by atoms with Crippen LogP contribution in [-0.2, 0) is 25.7 Å². The maximum Gasteiger partial charge on any atom is -0.00577 e. The second kappa shape index (κ2) is 6.91. The van der Waals surface area contributed by atoms with Crippen molar-refractivity contribution in [2.45, 2.75) is 66.2 Å². The molecule has 0 spiro atoms. The van der Waals surface area contributed by atoms with Crippen LogP contribution in [0.5, 0.6) is 0 Å². The first kappa shape index (κ1) is 17.3. The number of hydrogen-bond donors (Lipinski definition) is 0. The van der Waals surface area contributed by atoms with Crippen molar-refractivity contribution in [3.63, 3.8) is 0 Å². The summed E-state index contributed by atoms with van der Waals surface area (Å²) in [5, 5.41) is 0. The van der Waals surface area contributed by atoms with E-state index in [1.165, 1.54) is 24.0 Å². The fourth-order valence-electron chi connectivity index (χ4n) is 5.10. The van der Waals surface area contributed by atoms with E-state index in [1.54, 1.807) is 44.5 Å². The molecule has 0 bridgehead atoms. The molecule has 0 atom stereocenters. The van der Waals surface area contributed by atoms with Gasteiger partial charge in [0, 0.05) is 0 Å². The third-order valence-corrected chi connectivity index (χ3v) is 6.41. The van der Waals surface area contributed by atoms with Gasteiger partial charge in [0.2, 0.25) is 0 Å². The lowest BCUT2D eigenvalue weighted by Gasteiger charge is -2.15. The Labute approximate surface area is 158 Å². The molecule has 0 nitrogen and oxygen atoms in total. The van der Waals surface area contributed by atoms with Gasteiger partial charge >= 0.3 is 0 Å². The minimum absolute atomic E-state index is 1.13. The number of aryl methyl sites for hydroxylation is 2. The molecule has 26 heavy (non-hydrogen) atoms. The summed E-state index contributed by atoms with van der Waals surface area (Å²) in [4.78, 5) is 0. The number of fused-ring (bicyclic) bond motifs is 2. The Hall–Kier alpha value is -2.08. The molecule has 2 aromatic carbocycles. The Kier molecular flexibility index (Phi) is 4.61. The number of benzene rings is 2. The predicted molar refractivity (Wildman–Crippen MR) is 113 cm³/mol. The summed E-state index contributed by atoms with van der Waals surface area (Å²) in [5.41, 5.74) is 15.7. The average Bonchev–Trinajstić information content (AvgIpc) is 3.15. The third kappa shape index (κ3) is 2.76. The molecule has 0 saturated carbocycles. The molecule has 2 aliphatic rings. The molecular formula is C26H30. The van der Waals surface area contributed by atoms with E-state index in [9.17, 15) is 0 Å². The van der Waals surface area contributed by atoms with Crippen LogP contribution in [0.1, 0.15) is 73.9 Å². The second-order valence-corrected chi connectivity index (χ2v) is 7.98. The average molecular weight is 343 g/mol. The van der Waals surface area contributed by atoms with Crippen LogP contribution in [0.2, 0.25) is 0 Å². The molecule has 4 rings (SSSR count). The van der Waals surface area contributed by atoms with Crippen molar-refractivity contribution in [2.75, 3.05) is 0 Å². The van der Waals surface area contributed by atoms with Gasteiger partial charge in [-0.2, -0.15) is 0 Å². The minimum Gasteiger partial charge on any atom is -0.0651 e. The van der Waals surface area contributed by atoms with Crippen molar-refractivity contribution in [1.82, 2.24) is 0 Å². The fraction of sp³-hybridized carbons (Fsp3) is 0.385. The number of rotatable bonds is 5. The molecule has 0 unspecified atom stereocenters. The van der Waals surface area contributed by atoms with Gasteiger partial charge in [-0.15, -0.1) is 0 Å². The van der Waals surface area contributed by atoms with Crippen LogP contribution in [0.3, 0.4) is 0 Å². The molecule has 0 heterocycles. The Bertz CT molecular complexity index is 844. The highest BCUT2D eigenvalue weighted by Gasteiger charge is 2.24. The van der Waals surface area contributed by atoms with Gasteiger partial charge in [0.25, 0.3) is 0 Å². The molecule has 0 amide bonds. The highest BCUT2D eigenvalue weighted by Crippen LogP contribution is 2.43. The van der Waals surface area contributed by atoms with E-state index in [0.717, 1.165) is 25.7 Å². The van der Waals surface area contributed by atoms with Gasteiger partial charge in [0.1, 0.15) is 0 Å². The van der Waals surface area contributed by atoms with Gasteiger partial charge in [0.05, 0.1) is 0 Å². The van der Waals surface area contributed by atoms with Crippen molar-refractivity contribution in [2.24, 2.45) is 0 Å². The Morgan fingerprint density at radius 1 is 0.654 bits per heavy atom. The standard InChI is InChI=1S/C26H30/c1-5-19-9-7-11-21-15-17(3)23(25(19)21)13-14-24-18(4)16-22-12-8-10-20(6-2)26(22)24/h7-12H,5-6,13-16H2,1-4H3. The fourth-order valence-corrected chi connectivity index (χ4v) is 5.10. The lowest BCUT2D eigenvalue weighted by molar-refractivity contribution is 1.05. The maximum atomic E-state index is 2.34. The topological polar surface area (TPSA) is 0 Å². The van der Waals surface area contributed by atoms with E-state index in [0.29, 0.717) is 0 Å². The van der Waals surface area contributed by atoms with Crippen LogP contribution >= 0.6 is 0 Å². The van der Waals surface area contributed by atoms with Gasteiger partial charge in [-0.25, -0.2) is 0 Å². The summed E-state index contributed by atoms with van der Waals surface area (Å²) in [6.45, 7) is 9.26. The van der Waals surface area contributed by atoms with Crippen LogP contribution in [0.25, 0.3) is 11.1 Å². The summed E-state index contributed by atoms with van der Waals surface area (Å²) in [6, 6.07) is 13.8. The molecule has 0 saturated heterocycles. The molecule has 0 aliphatic heterocycles. The normalized spacial score (nSPS) is 15.7. The van der Waals surface area contributed by atoms with Crippen molar-refractivity contribution in [1.29, 1.82) is 0 Å². The van der Waals surface area contributed by atoms with Gasteiger partial charge in [0.15, 0.2) is 0 Å². The maximum absolute atomic E-state index is 2.34. The van der Waals surface area contributed by atoms with Crippen LogP contribution < -0.4 is 0 Å². The van der Waals surface area contributed by atoms with E-state index in [2.05, 4.69) is 64.1 Å². The van der Waals surface area contributed by atoms with Gasteiger partial charge in [-0.05, 0) is 96.9 Å². The Morgan fingerprint density at radius 3 is 1.46 bits per heavy atom. The van der Waals surface area contributed by atoms with Gasteiger partial charge < -0.3 is 0 Å². The summed E-state index contributed by atoms with van der Waals surface area (Å²) >= 11 is 0. The zero-order valence-corrected chi connectivity index (χ0v) is 16.7. The van der Waals surface area contributed by atoms with Crippen molar-refractivity contribution in [3.8, 4) is 0 Å². The summed E-state index contributed by atoms with van der Waals surface area (Å²) in [7, 11) is 0. The molecule has 134 valence electrons. The zero-order chi connectivity index (χ0) is 18.3. The zero-order valence-electron chi connectivity index (χ0n) is 16.7. The quantitative estimate of drug-likeness (QED) is 0.551. The number of allylic oxidation sites excluding steroid dienone is 4. The van der Waals surface area contributed by atoms with Crippen LogP contribution in [0.4, 0.5) is 0 Å². The van der Waals surface area contributed by atoms with Crippen molar-refractivity contribution in [3.05, 3.63) is 80.9 Å². The smallest absolute Gasteiger partial charge is 0.00577 e. The van der Waals surface area contributed by atoms with Crippen molar-refractivity contribution >= 4 is 11.1 Å². The molecular weight excluding hydrogens is 312 g/mol. The molecule has 0 aromatic heterocycles. The van der Waals surface area contributed by atoms with Crippen LogP contribution in [0.15, 0.2) is 47.5 Å². The van der Waals surface area contributed by atoms with Gasteiger partial charge in [-0.3, -0.25) is 0 Å². The number of hydrogen-bond acceptors (Lipinski definition) is 0. The van der Waals surface area contributed by atoms with E-state index in [1.807, 2.05) is 0 Å². The first-order chi connectivity index (χ1) is 12.6. The second-order valence-electron chi connectivity index (χ2n) is 7.98. The first-order valence-corrected chi connectivity index (χ1v) is 10.2. The van der Waals surface area contributed by atoms with E-state index >= 15 is 0 Å². The van der Waals surface area contributed by atoms with Gasteiger partial charge in [-0.1, -0.05) is 61.4 Å². The lowest BCUT2D eigenvalue weighted by Crippen LogP contribution is -1.96. The Morgan fingerprint density at radius 2 is 1.08 bits per heavy atom. The largest absolute Gasteiger partial charge is 0.0651 e. The molecule has 0 radical (unpaired) electrons. The molecule has 2 aromatic rings. The SMILES string of the molecule is CCc1cccc2c1C(CCC1=C(C)Cc3cccc(CC)c31)=C(C)C2. The first-order valence-electron chi connectivity index (χ1n) is 10.2. The van der Waals surface area contributed by atoms with E-state index < -0.39 is 0 Å². The molecule has 0 N–H and O–H groups in total. The summed E-state index contributed by atoms with van der Waals surface area (Å²) in [6.07, 6.45) is 6.91. The molecule has 0 heteroatoms.